The van der Waals surface area contributed by atoms with Gasteiger partial charge in [0, 0.05) is 21.1 Å². The first-order chi connectivity index (χ1) is 11.1. The Bertz CT molecular complexity index is 857. The predicted molar refractivity (Wildman–Crippen MR) is 103 cm³/mol. The van der Waals surface area contributed by atoms with Gasteiger partial charge in [-0.15, -0.1) is 11.3 Å². The lowest BCUT2D eigenvalue weighted by atomic mass is 10.0. The van der Waals surface area contributed by atoms with Crippen LogP contribution >= 0.6 is 27.3 Å². The number of carbonyl (C=O) groups is 1. The molecule has 0 radical (unpaired) electrons. The van der Waals surface area contributed by atoms with Gasteiger partial charge in [0.1, 0.15) is 0 Å². The van der Waals surface area contributed by atoms with E-state index in [2.05, 4.69) is 38.3 Å². The molecule has 3 aromatic rings. The standard InChI is InChI=1S/C18H19BrN2OS/c1-21(2)9-4-8-20-18(22)15-11-14-12(5-3-6-16(14)19)13-7-10-23-17(13)15/h3,5-7,10-11H,4,8-9H2,1-2H3,(H,20,22). The minimum atomic E-state index is 0.00820. The van der Waals surface area contributed by atoms with E-state index in [0.29, 0.717) is 6.54 Å². The minimum Gasteiger partial charge on any atom is -0.352 e. The van der Waals surface area contributed by atoms with Gasteiger partial charge < -0.3 is 10.2 Å². The van der Waals surface area contributed by atoms with Crippen LogP contribution in [0.1, 0.15) is 16.8 Å². The summed E-state index contributed by atoms with van der Waals surface area (Å²) in [6.45, 7) is 1.66. The van der Waals surface area contributed by atoms with Gasteiger partial charge in [-0.2, -0.15) is 0 Å². The lowest BCUT2D eigenvalue weighted by molar-refractivity contribution is 0.0954. The summed E-state index contributed by atoms with van der Waals surface area (Å²) in [5, 5.41) is 8.50. The molecule has 0 spiro atoms. The molecule has 0 unspecified atom stereocenters. The number of nitrogens with zero attached hydrogens (tertiary/aromatic N) is 1. The molecule has 0 atom stereocenters. The zero-order chi connectivity index (χ0) is 16.4. The molecular weight excluding hydrogens is 372 g/mol. The first-order valence-electron chi connectivity index (χ1n) is 7.59. The summed E-state index contributed by atoms with van der Waals surface area (Å²) < 4.78 is 2.07. The Hall–Kier alpha value is -1.43. The van der Waals surface area contributed by atoms with Crippen LogP contribution < -0.4 is 5.32 Å². The highest BCUT2D eigenvalue weighted by Crippen LogP contribution is 2.35. The molecule has 3 nitrogen and oxygen atoms in total. The number of amides is 1. The normalized spacial score (nSPS) is 11.5. The zero-order valence-corrected chi connectivity index (χ0v) is 15.6. The van der Waals surface area contributed by atoms with E-state index in [-0.39, 0.29) is 5.91 Å². The molecule has 23 heavy (non-hydrogen) atoms. The Labute approximate surface area is 148 Å². The molecule has 5 heteroatoms. The van der Waals surface area contributed by atoms with E-state index in [0.717, 1.165) is 38.5 Å². The van der Waals surface area contributed by atoms with E-state index in [1.54, 1.807) is 11.3 Å². The van der Waals surface area contributed by atoms with Gasteiger partial charge in [0.15, 0.2) is 0 Å². The Kier molecular flexibility index (Phi) is 4.99. The van der Waals surface area contributed by atoms with Crippen molar-refractivity contribution in [1.29, 1.82) is 0 Å². The molecule has 120 valence electrons. The first-order valence-corrected chi connectivity index (χ1v) is 9.26. The number of thiophene rings is 1. The van der Waals surface area contributed by atoms with Crippen molar-refractivity contribution in [1.82, 2.24) is 10.2 Å². The summed E-state index contributed by atoms with van der Waals surface area (Å²) >= 11 is 5.22. The second kappa shape index (κ2) is 6.99. The van der Waals surface area contributed by atoms with Gasteiger partial charge >= 0.3 is 0 Å². The van der Waals surface area contributed by atoms with Gasteiger partial charge in [-0.3, -0.25) is 4.79 Å². The molecule has 0 bridgehead atoms. The summed E-state index contributed by atoms with van der Waals surface area (Å²) in [4.78, 5) is 14.7. The molecule has 0 saturated carbocycles. The molecule has 0 aliphatic rings. The third-order valence-corrected chi connectivity index (χ3v) is 5.49. The van der Waals surface area contributed by atoms with Crippen LogP contribution in [0.5, 0.6) is 0 Å². The number of carbonyl (C=O) groups excluding carboxylic acids is 1. The molecule has 1 aromatic heterocycles. The van der Waals surface area contributed by atoms with Crippen molar-refractivity contribution >= 4 is 54.0 Å². The van der Waals surface area contributed by atoms with E-state index >= 15 is 0 Å². The van der Waals surface area contributed by atoms with Crippen LogP contribution in [0.4, 0.5) is 0 Å². The number of hydrogen-bond acceptors (Lipinski definition) is 3. The van der Waals surface area contributed by atoms with Crippen molar-refractivity contribution in [3.63, 3.8) is 0 Å². The average Bonchev–Trinajstić information content (AvgIpc) is 3.00. The fourth-order valence-electron chi connectivity index (χ4n) is 2.72. The lowest BCUT2D eigenvalue weighted by Gasteiger charge is -2.11. The second-order valence-electron chi connectivity index (χ2n) is 5.84. The smallest absolute Gasteiger partial charge is 0.252 e. The average molecular weight is 391 g/mol. The van der Waals surface area contributed by atoms with Crippen LogP contribution in [0, 0.1) is 0 Å². The third kappa shape index (κ3) is 3.42. The largest absolute Gasteiger partial charge is 0.352 e. The van der Waals surface area contributed by atoms with Crippen LogP contribution in [0.3, 0.4) is 0 Å². The Morgan fingerprint density at radius 3 is 2.83 bits per heavy atom. The summed E-state index contributed by atoms with van der Waals surface area (Å²) in [5.74, 6) is 0.00820. The maximum atomic E-state index is 12.6. The third-order valence-electron chi connectivity index (χ3n) is 3.85. The second-order valence-corrected chi connectivity index (χ2v) is 7.61. The van der Waals surface area contributed by atoms with Crippen LogP contribution in [-0.4, -0.2) is 38.0 Å². The van der Waals surface area contributed by atoms with Gasteiger partial charge in [-0.05, 0) is 61.4 Å². The van der Waals surface area contributed by atoms with Gasteiger partial charge in [-0.25, -0.2) is 0 Å². The molecule has 0 fully saturated rings. The van der Waals surface area contributed by atoms with Crippen LogP contribution in [0.15, 0.2) is 40.2 Å². The van der Waals surface area contributed by atoms with E-state index in [4.69, 9.17) is 0 Å². The molecule has 1 heterocycles. The van der Waals surface area contributed by atoms with Crippen molar-refractivity contribution in [3.05, 3.63) is 45.7 Å². The van der Waals surface area contributed by atoms with Crippen molar-refractivity contribution in [2.75, 3.05) is 27.2 Å². The number of benzene rings is 2. The van der Waals surface area contributed by atoms with E-state index < -0.39 is 0 Å². The predicted octanol–water partition coefficient (Wildman–Crippen LogP) is 4.50. The van der Waals surface area contributed by atoms with Gasteiger partial charge in [0.05, 0.1) is 5.56 Å². The van der Waals surface area contributed by atoms with Gasteiger partial charge in [-0.1, -0.05) is 28.1 Å². The van der Waals surface area contributed by atoms with Gasteiger partial charge in [0.2, 0.25) is 0 Å². The van der Waals surface area contributed by atoms with E-state index in [1.165, 1.54) is 5.39 Å². The molecule has 1 amide bonds. The fourth-order valence-corrected chi connectivity index (χ4v) is 4.12. The number of rotatable bonds is 5. The van der Waals surface area contributed by atoms with Crippen molar-refractivity contribution < 1.29 is 4.79 Å². The van der Waals surface area contributed by atoms with E-state index in [9.17, 15) is 4.79 Å². The van der Waals surface area contributed by atoms with Crippen molar-refractivity contribution in [3.8, 4) is 0 Å². The summed E-state index contributed by atoms with van der Waals surface area (Å²) in [6, 6.07) is 10.2. The molecule has 0 aliphatic heterocycles. The summed E-state index contributed by atoms with van der Waals surface area (Å²) in [7, 11) is 4.08. The Morgan fingerprint density at radius 2 is 2.04 bits per heavy atom. The molecule has 0 aliphatic carbocycles. The number of hydrogen-bond donors (Lipinski definition) is 1. The molecule has 2 aromatic carbocycles. The summed E-state index contributed by atoms with van der Waals surface area (Å²) in [6.07, 6.45) is 0.948. The molecule has 1 N–H and O–H groups in total. The quantitative estimate of drug-likeness (QED) is 0.650. The fraction of sp³-hybridized carbons (Fsp3) is 0.278. The van der Waals surface area contributed by atoms with Gasteiger partial charge in [0.25, 0.3) is 5.91 Å². The zero-order valence-electron chi connectivity index (χ0n) is 13.2. The highest BCUT2D eigenvalue weighted by atomic mass is 79.9. The highest BCUT2D eigenvalue weighted by Gasteiger charge is 2.15. The Morgan fingerprint density at radius 1 is 1.22 bits per heavy atom. The van der Waals surface area contributed by atoms with Crippen molar-refractivity contribution in [2.45, 2.75) is 6.42 Å². The lowest BCUT2D eigenvalue weighted by Crippen LogP contribution is -2.27. The Balaban J connectivity index is 1.94. The molecule has 0 saturated heterocycles. The number of nitrogens with one attached hydrogen (secondary N) is 1. The minimum absolute atomic E-state index is 0.00820. The maximum absolute atomic E-state index is 12.6. The first kappa shape index (κ1) is 16.4. The highest BCUT2D eigenvalue weighted by molar-refractivity contribution is 9.10. The monoisotopic (exact) mass is 390 g/mol. The SMILES string of the molecule is CN(C)CCCNC(=O)c1cc2c(Br)cccc2c2ccsc12. The van der Waals surface area contributed by atoms with Crippen LogP contribution in [0.2, 0.25) is 0 Å². The van der Waals surface area contributed by atoms with Crippen LogP contribution in [-0.2, 0) is 0 Å². The molecular formula is C18H19BrN2OS. The van der Waals surface area contributed by atoms with Crippen molar-refractivity contribution in [2.24, 2.45) is 0 Å². The maximum Gasteiger partial charge on any atom is 0.252 e. The summed E-state index contributed by atoms with van der Waals surface area (Å²) in [5.41, 5.74) is 0.763. The van der Waals surface area contributed by atoms with E-state index in [1.807, 2.05) is 37.7 Å². The topological polar surface area (TPSA) is 32.3 Å². The number of halogens is 1. The van der Waals surface area contributed by atoms with Crippen LogP contribution in [0.25, 0.3) is 20.9 Å². The molecule has 3 rings (SSSR count). The number of fused-ring (bicyclic) bond motifs is 3.